The van der Waals surface area contributed by atoms with Gasteiger partial charge in [-0.15, -0.1) is 0 Å². The van der Waals surface area contributed by atoms with Crippen LogP contribution in [0.2, 0.25) is 0 Å². The second-order valence-corrected chi connectivity index (χ2v) is 7.01. The molecular weight excluding hydrogens is 300 g/mol. The zero-order valence-electron chi connectivity index (χ0n) is 14.4. The zero-order valence-corrected chi connectivity index (χ0v) is 14.4. The Morgan fingerprint density at radius 1 is 1.21 bits per heavy atom. The van der Waals surface area contributed by atoms with Crippen LogP contribution in [-0.4, -0.2) is 56.8 Å². The summed E-state index contributed by atoms with van der Waals surface area (Å²) in [6.45, 7) is 5.42. The fourth-order valence-corrected chi connectivity index (χ4v) is 4.51. The number of carbonyl (C=O) groups is 1. The summed E-state index contributed by atoms with van der Waals surface area (Å²) >= 11 is 0. The molecule has 0 aromatic carbocycles. The predicted octanol–water partition coefficient (Wildman–Crippen LogP) is 2.35. The highest BCUT2D eigenvalue weighted by atomic mass is 16.2. The molecule has 1 amide bonds. The van der Waals surface area contributed by atoms with Crippen LogP contribution in [0.15, 0.2) is 30.6 Å². The minimum absolute atomic E-state index is 0.240. The Morgan fingerprint density at radius 2 is 2.04 bits per heavy atom. The van der Waals surface area contributed by atoms with Gasteiger partial charge in [0, 0.05) is 31.0 Å². The lowest BCUT2D eigenvalue weighted by Crippen LogP contribution is -2.48. The Balaban J connectivity index is 1.48. The molecule has 4 rings (SSSR count). The number of fused-ring (bicyclic) bond motifs is 1. The quantitative estimate of drug-likeness (QED) is 0.866. The molecule has 2 atom stereocenters. The van der Waals surface area contributed by atoms with Crippen molar-refractivity contribution in [3.05, 3.63) is 36.3 Å². The van der Waals surface area contributed by atoms with E-state index in [9.17, 15) is 4.79 Å². The number of likely N-dealkylation sites (tertiary alicyclic amines) is 2. The summed E-state index contributed by atoms with van der Waals surface area (Å²) in [7, 11) is 0. The van der Waals surface area contributed by atoms with Crippen molar-refractivity contribution in [2.75, 3.05) is 19.6 Å². The highest BCUT2D eigenvalue weighted by Gasteiger charge is 2.39. The summed E-state index contributed by atoms with van der Waals surface area (Å²) in [5.74, 6) is 0.240. The van der Waals surface area contributed by atoms with E-state index in [1.807, 2.05) is 35.0 Å². The number of nitrogens with zero attached hydrogens (tertiary/aromatic N) is 4. The molecule has 0 N–H and O–H groups in total. The molecule has 2 aliphatic heterocycles. The van der Waals surface area contributed by atoms with Gasteiger partial charge in [-0.3, -0.25) is 9.69 Å². The van der Waals surface area contributed by atoms with E-state index >= 15 is 0 Å². The van der Waals surface area contributed by atoms with Gasteiger partial charge in [-0.25, -0.2) is 4.98 Å². The molecule has 2 fully saturated rings. The Kier molecular flexibility index (Phi) is 4.27. The van der Waals surface area contributed by atoms with Crippen LogP contribution in [-0.2, 0) is 11.2 Å². The topological polar surface area (TPSA) is 40.9 Å². The van der Waals surface area contributed by atoms with E-state index in [0.717, 1.165) is 37.3 Å². The number of hydrogen-bond donors (Lipinski definition) is 0. The Labute approximate surface area is 143 Å². The molecule has 5 heteroatoms. The lowest BCUT2D eigenvalue weighted by Gasteiger charge is -2.34. The van der Waals surface area contributed by atoms with Crippen molar-refractivity contribution in [3.63, 3.8) is 0 Å². The Bertz CT molecular complexity index is 692. The zero-order chi connectivity index (χ0) is 16.5. The highest BCUT2D eigenvalue weighted by molar-refractivity contribution is 5.79. The fraction of sp³-hybridized carbons (Fsp3) is 0.579. The normalized spacial score (nSPS) is 25.0. The number of aromatic nitrogens is 2. The van der Waals surface area contributed by atoms with Crippen molar-refractivity contribution in [1.82, 2.24) is 19.2 Å². The van der Waals surface area contributed by atoms with Gasteiger partial charge in [-0.05, 0) is 50.9 Å². The molecule has 128 valence electrons. The molecule has 0 saturated carbocycles. The third-order valence-corrected chi connectivity index (χ3v) is 5.63. The number of pyridine rings is 1. The number of carbonyl (C=O) groups excluding carboxylic acids is 1. The molecule has 0 spiro atoms. The smallest absolute Gasteiger partial charge is 0.228 e. The van der Waals surface area contributed by atoms with Crippen molar-refractivity contribution in [1.29, 1.82) is 0 Å². The van der Waals surface area contributed by atoms with E-state index in [1.165, 1.54) is 19.4 Å². The highest BCUT2D eigenvalue weighted by Crippen LogP contribution is 2.30. The maximum atomic E-state index is 12.9. The molecule has 4 heterocycles. The summed E-state index contributed by atoms with van der Waals surface area (Å²) in [4.78, 5) is 22.2. The summed E-state index contributed by atoms with van der Waals surface area (Å²) in [6, 6.07) is 6.89. The average molecular weight is 326 g/mol. The van der Waals surface area contributed by atoms with Gasteiger partial charge in [0.1, 0.15) is 5.65 Å². The van der Waals surface area contributed by atoms with Crippen LogP contribution in [0.3, 0.4) is 0 Å². The van der Waals surface area contributed by atoms with Crippen LogP contribution in [0.5, 0.6) is 0 Å². The summed E-state index contributed by atoms with van der Waals surface area (Å²) in [5.41, 5.74) is 1.78. The molecule has 0 radical (unpaired) electrons. The molecule has 0 aliphatic carbocycles. The SMILES string of the molecule is CCN1CCC[C@@H]1[C@@H]1CCCN1C(=O)Cc1cn2ccccc2n1. The van der Waals surface area contributed by atoms with Gasteiger partial charge in [0.2, 0.25) is 5.91 Å². The molecular formula is C19H26N4O. The van der Waals surface area contributed by atoms with Crippen LogP contribution >= 0.6 is 0 Å². The van der Waals surface area contributed by atoms with Crippen LogP contribution in [0.4, 0.5) is 0 Å². The lowest BCUT2D eigenvalue weighted by atomic mass is 10.0. The minimum atomic E-state index is 0.240. The number of likely N-dealkylation sites (N-methyl/N-ethyl adjacent to an activating group) is 1. The van der Waals surface area contributed by atoms with Gasteiger partial charge in [0.05, 0.1) is 12.1 Å². The first-order valence-electron chi connectivity index (χ1n) is 9.22. The van der Waals surface area contributed by atoms with Gasteiger partial charge in [-0.2, -0.15) is 0 Å². The molecule has 24 heavy (non-hydrogen) atoms. The Hall–Kier alpha value is -1.88. The van der Waals surface area contributed by atoms with E-state index in [0.29, 0.717) is 18.5 Å². The predicted molar refractivity (Wildman–Crippen MR) is 93.9 cm³/mol. The number of rotatable bonds is 4. The molecule has 2 saturated heterocycles. The first kappa shape index (κ1) is 15.6. The van der Waals surface area contributed by atoms with E-state index in [4.69, 9.17) is 0 Å². The van der Waals surface area contributed by atoms with E-state index < -0.39 is 0 Å². The maximum Gasteiger partial charge on any atom is 0.228 e. The van der Waals surface area contributed by atoms with Crippen molar-refractivity contribution >= 4 is 11.6 Å². The van der Waals surface area contributed by atoms with Crippen molar-refractivity contribution in [2.45, 2.75) is 51.1 Å². The third kappa shape index (κ3) is 2.81. The first-order chi connectivity index (χ1) is 11.8. The standard InChI is InChI=1S/C19H26N4O/c1-2-21-11-5-7-16(21)17-8-6-12-23(17)19(24)13-15-14-22-10-4-3-9-18(22)20-15/h3-4,9-10,14,16-17H,2,5-8,11-13H2,1H3/t16-,17+/m1/s1. The maximum absolute atomic E-state index is 12.9. The van der Waals surface area contributed by atoms with Gasteiger partial charge >= 0.3 is 0 Å². The van der Waals surface area contributed by atoms with Crippen LogP contribution < -0.4 is 0 Å². The Morgan fingerprint density at radius 3 is 2.88 bits per heavy atom. The molecule has 0 unspecified atom stereocenters. The van der Waals surface area contributed by atoms with Gasteiger partial charge in [0.25, 0.3) is 0 Å². The second kappa shape index (κ2) is 6.55. The van der Waals surface area contributed by atoms with Crippen LogP contribution in [0.1, 0.15) is 38.3 Å². The summed E-state index contributed by atoms with van der Waals surface area (Å²) in [5, 5.41) is 0. The van der Waals surface area contributed by atoms with Crippen molar-refractivity contribution in [2.24, 2.45) is 0 Å². The lowest BCUT2D eigenvalue weighted by molar-refractivity contribution is -0.132. The molecule has 2 aromatic heterocycles. The average Bonchev–Trinajstić information content (AvgIpc) is 3.31. The molecule has 5 nitrogen and oxygen atoms in total. The molecule has 2 aliphatic rings. The fourth-order valence-electron chi connectivity index (χ4n) is 4.51. The van der Waals surface area contributed by atoms with Gasteiger partial charge in [-0.1, -0.05) is 13.0 Å². The third-order valence-electron chi connectivity index (χ3n) is 5.63. The number of imidazole rings is 1. The van der Waals surface area contributed by atoms with Crippen LogP contribution in [0.25, 0.3) is 5.65 Å². The van der Waals surface area contributed by atoms with Crippen LogP contribution in [0, 0.1) is 0 Å². The largest absolute Gasteiger partial charge is 0.338 e. The first-order valence-corrected chi connectivity index (χ1v) is 9.22. The number of amides is 1. The van der Waals surface area contributed by atoms with E-state index in [1.54, 1.807) is 0 Å². The van der Waals surface area contributed by atoms with E-state index in [-0.39, 0.29) is 5.91 Å². The molecule has 0 bridgehead atoms. The van der Waals surface area contributed by atoms with Gasteiger partial charge < -0.3 is 9.30 Å². The molecule has 2 aromatic rings. The van der Waals surface area contributed by atoms with Gasteiger partial charge in [0.15, 0.2) is 0 Å². The minimum Gasteiger partial charge on any atom is -0.338 e. The number of hydrogen-bond acceptors (Lipinski definition) is 3. The van der Waals surface area contributed by atoms with Crippen molar-refractivity contribution in [3.8, 4) is 0 Å². The second-order valence-electron chi connectivity index (χ2n) is 7.01. The van der Waals surface area contributed by atoms with E-state index in [2.05, 4.69) is 21.7 Å². The monoisotopic (exact) mass is 326 g/mol. The summed E-state index contributed by atoms with van der Waals surface area (Å²) < 4.78 is 1.99. The van der Waals surface area contributed by atoms with Crippen molar-refractivity contribution < 1.29 is 4.79 Å². The summed E-state index contributed by atoms with van der Waals surface area (Å²) in [6.07, 6.45) is 9.16.